The highest BCUT2D eigenvalue weighted by Crippen LogP contribution is 2.04. The fraction of sp³-hybridized carbons (Fsp3) is 0.600. The van der Waals surface area contributed by atoms with Crippen LogP contribution in [0.2, 0.25) is 0 Å². The number of hydrogen-bond donors (Lipinski definition) is 2. The SMILES string of the molecule is CCCNCCNCc1ccsc1. The van der Waals surface area contributed by atoms with Gasteiger partial charge in [0.15, 0.2) is 0 Å². The van der Waals surface area contributed by atoms with Gasteiger partial charge in [-0.05, 0) is 35.4 Å². The first kappa shape index (κ1) is 10.7. The minimum Gasteiger partial charge on any atom is -0.315 e. The summed E-state index contributed by atoms with van der Waals surface area (Å²) in [6.45, 7) is 6.43. The second-order valence-corrected chi connectivity index (χ2v) is 3.84. The quantitative estimate of drug-likeness (QED) is 0.653. The summed E-state index contributed by atoms with van der Waals surface area (Å²) in [4.78, 5) is 0. The summed E-state index contributed by atoms with van der Waals surface area (Å²) in [6, 6.07) is 2.16. The smallest absolute Gasteiger partial charge is 0.0214 e. The van der Waals surface area contributed by atoms with Gasteiger partial charge in [0.25, 0.3) is 0 Å². The Hall–Kier alpha value is -0.380. The molecular weight excluding hydrogens is 180 g/mol. The Balaban J connectivity index is 1.90. The summed E-state index contributed by atoms with van der Waals surface area (Å²) >= 11 is 1.76. The van der Waals surface area contributed by atoms with Gasteiger partial charge >= 0.3 is 0 Å². The molecule has 0 amide bonds. The minimum atomic E-state index is 0.997. The number of thiophene rings is 1. The number of hydrogen-bond acceptors (Lipinski definition) is 3. The van der Waals surface area contributed by atoms with E-state index in [0.717, 1.165) is 26.2 Å². The van der Waals surface area contributed by atoms with Crippen molar-refractivity contribution in [2.45, 2.75) is 19.9 Å². The molecule has 0 saturated carbocycles. The van der Waals surface area contributed by atoms with Crippen molar-refractivity contribution in [2.75, 3.05) is 19.6 Å². The van der Waals surface area contributed by atoms with E-state index in [1.165, 1.54) is 12.0 Å². The third kappa shape index (κ3) is 5.03. The van der Waals surface area contributed by atoms with Crippen LogP contribution in [0.3, 0.4) is 0 Å². The molecule has 1 aromatic rings. The van der Waals surface area contributed by atoms with Gasteiger partial charge in [-0.15, -0.1) is 0 Å². The molecule has 0 spiro atoms. The van der Waals surface area contributed by atoms with Crippen LogP contribution in [-0.4, -0.2) is 19.6 Å². The van der Waals surface area contributed by atoms with Gasteiger partial charge in [-0.3, -0.25) is 0 Å². The van der Waals surface area contributed by atoms with Crippen molar-refractivity contribution < 1.29 is 0 Å². The Morgan fingerprint density at radius 2 is 2.08 bits per heavy atom. The molecule has 0 aromatic carbocycles. The Kier molecular flexibility index (Phi) is 5.81. The molecule has 0 saturated heterocycles. The van der Waals surface area contributed by atoms with Crippen LogP contribution < -0.4 is 10.6 Å². The molecule has 0 aliphatic carbocycles. The highest BCUT2D eigenvalue weighted by Gasteiger charge is 1.91. The third-order valence-electron chi connectivity index (χ3n) is 1.81. The van der Waals surface area contributed by atoms with Crippen LogP contribution in [0.5, 0.6) is 0 Å². The van der Waals surface area contributed by atoms with Crippen molar-refractivity contribution in [1.82, 2.24) is 10.6 Å². The maximum Gasteiger partial charge on any atom is 0.0214 e. The van der Waals surface area contributed by atoms with Gasteiger partial charge in [0.05, 0.1) is 0 Å². The van der Waals surface area contributed by atoms with Crippen LogP contribution >= 0.6 is 11.3 Å². The van der Waals surface area contributed by atoms with Crippen LogP contribution in [0.4, 0.5) is 0 Å². The lowest BCUT2D eigenvalue weighted by Crippen LogP contribution is -2.27. The van der Waals surface area contributed by atoms with E-state index >= 15 is 0 Å². The molecular formula is C10H18N2S. The van der Waals surface area contributed by atoms with Gasteiger partial charge in [-0.2, -0.15) is 11.3 Å². The van der Waals surface area contributed by atoms with Crippen molar-refractivity contribution in [2.24, 2.45) is 0 Å². The van der Waals surface area contributed by atoms with Gasteiger partial charge in [-0.25, -0.2) is 0 Å². The van der Waals surface area contributed by atoms with Gasteiger partial charge in [0, 0.05) is 19.6 Å². The summed E-state index contributed by atoms with van der Waals surface area (Å²) < 4.78 is 0. The number of rotatable bonds is 7. The van der Waals surface area contributed by atoms with Gasteiger partial charge in [-0.1, -0.05) is 6.92 Å². The van der Waals surface area contributed by atoms with Crippen molar-refractivity contribution >= 4 is 11.3 Å². The lowest BCUT2D eigenvalue weighted by molar-refractivity contribution is 0.607. The highest BCUT2D eigenvalue weighted by molar-refractivity contribution is 7.07. The topological polar surface area (TPSA) is 24.1 Å². The second kappa shape index (κ2) is 7.06. The van der Waals surface area contributed by atoms with Crippen LogP contribution in [0.15, 0.2) is 16.8 Å². The van der Waals surface area contributed by atoms with Gasteiger partial charge in [0.2, 0.25) is 0 Å². The molecule has 1 aromatic heterocycles. The molecule has 3 heteroatoms. The normalized spacial score (nSPS) is 10.5. The lowest BCUT2D eigenvalue weighted by Gasteiger charge is -2.04. The standard InChI is InChI=1S/C10H18N2S/c1-2-4-11-5-6-12-8-10-3-7-13-9-10/h3,7,9,11-12H,2,4-6,8H2,1H3. The maximum atomic E-state index is 3.39. The maximum absolute atomic E-state index is 3.39. The van der Waals surface area contributed by atoms with Crippen LogP contribution in [-0.2, 0) is 6.54 Å². The molecule has 0 fully saturated rings. The summed E-state index contributed by atoms with van der Waals surface area (Å²) in [6.07, 6.45) is 1.21. The fourth-order valence-electron chi connectivity index (χ4n) is 1.10. The molecule has 2 nitrogen and oxygen atoms in total. The zero-order valence-electron chi connectivity index (χ0n) is 8.18. The first-order chi connectivity index (χ1) is 6.43. The van der Waals surface area contributed by atoms with E-state index in [1.807, 2.05) is 0 Å². The second-order valence-electron chi connectivity index (χ2n) is 3.06. The van der Waals surface area contributed by atoms with Crippen LogP contribution in [0, 0.1) is 0 Å². The van der Waals surface area contributed by atoms with Gasteiger partial charge < -0.3 is 10.6 Å². The molecule has 74 valence electrons. The molecule has 0 atom stereocenters. The summed E-state index contributed by atoms with van der Waals surface area (Å²) in [7, 11) is 0. The Morgan fingerprint density at radius 1 is 1.23 bits per heavy atom. The zero-order chi connectivity index (χ0) is 9.36. The van der Waals surface area contributed by atoms with Crippen molar-refractivity contribution in [3.8, 4) is 0 Å². The van der Waals surface area contributed by atoms with Crippen molar-refractivity contribution in [3.05, 3.63) is 22.4 Å². The predicted octanol–water partition coefficient (Wildman–Crippen LogP) is 1.84. The Bertz CT molecular complexity index is 197. The average molecular weight is 198 g/mol. The molecule has 0 aliphatic heterocycles. The van der Waals surface area contributed by atoms with E-state index in [4.69, 9.17) is 0 Å². The van der Waals surface area contributed by atoms with Crippen molar-refractivity contribution in [3.63, 3.8) is 0 Å². The van der Waals surface area contributed by atoms with E-state index in [2.05, 4.69) is 34.4 Å². The molecule has 2 N–H and O–H groups in total. The fourth-order valence-corrected chi connectivity index (χ4v) is 1.77. The lowest BCUT2D eigenvalue weighted by atomic mass is 10.3. The minimum absolute atomic E-state index is 0.997. The molecule has 1 rings (SSSR count). The molecule has 1 heterocycles. The zero-order valence-corrected chi connectivity index (χ0v) is 8.99. The van der Waals surface area contributed by atoms with E-state index < -0.39 is 0 Å². The molecule has 13 heavy (non-hydrogen) atoms. The summed E-state index contributed by atoms with van der Waals surface area (Å²) in [5.41, 5.74) is 1.39. The van der Waals surface area contributed by atoms with Crippen LogP contribution in [0.25, 0.3) is 0 Å². The molecule has 0 radical (unpaired) electrons. The molecule has 0 unspecified atom stereocenters. The highest BCUT2D eigenvalue weighted by atomic mass is 32.1. The largest absolute Gasteiger partial charge is 0.315 e. The average Bonchev–Trinajstić information content (AvgIpc) is 2.63. The molecule has 0 aliphatic rings. The van der Waals surface area contributed by atoms with E-state index in [0.29, 0.717) is 0 Å². The first-order valence-electron chi connectivity index (χ1n) is 4.86. The summed E-state index contributed by atoms with van der Waals surface area (Å²) in [5, 5.41) is 11.1. The monoisotopic (exact) mass is 198 g/mol. The Labute approximate surface area is 84.4 Å². The first-order valence-corrected chi connectivity index (χ1v) is 5.80. The van der Waals surface area contributed by atoms with Crippen molar-refractivity contribution in [1.29, 1.82) is 0 Å². The van der Waals surface area contributed by atoms with Crippen LogP contribution in [0.1, 0.15) is 18.9 Å². The Morgan fingerprint density at radius 3 is 2.77 bits per heavy atom. The predicted molar refractivity (Wildman–Crippen MR) is 59.2 cm³/mol. The van der Waals surface area contributed by atoms with E-state index in [1.54, 1.807) is 11.3 Å². The number of nitrogens with one attached hydrogen (secondary N) is 2. The van der Waals surface area contributed by atoms with E-state index in [9.17, 15) is 0 Å². The van der Waals surface area contributed by atoms with Gasteiger partial charge in [0.1, 0.15) is 0 Å². The molecule has 0 bridgehead atoms. The summed E-state index contributed by atoms with van der Waals surface area (Å²) in [5.74, 6) is 0. The third-order valence-corrected chi connectivity index (χ3v) is 2.55. The van der Waals surface area contributed by atoms with E-state index in [-0.39, 0.29) is 0 Å².